The molecule has 25 heavy (non-hydrogen) atoms. The average Bonchev–Trinajstić information content (AvgIpc) is 2.96. The van der Waals surface area contributed by atoms with Crippen LogP contribution < -0.4 is 5.73 Å². The van der Waals surface area contributed by atoms with Crippen LogP contribution in [0.2, 0.25) is 5.02 Å². The number of nitrogens with zero attached hydrogens (tertiary/aromatic N) is 1. The van der Waals surface area contributed by atoms with Gasteiger partial charge in [0.15, 0.2) is 0 Å². The zero-order valence-corrected chi connectivity index (χ0v) is 14.7. The Labute approximate surface area is 150 Å². The van der Waals surface area contributed by atoms with Gasteiger partial charge in [-0.15, -0.1) is 0 Å². The number of carboxylic acid groups (broad SMARTS) is 1. The van der Waals surface area contributed by atoms with E-state index in [1.54, 1.807) is 24.4 Å². The number of halogens is 1. The van der Waals surface area contributed by atoms with Crippen molar-refractivity contribution in [2.24, 2.45) is 5.73 Å². The topological polar surface area (TPSA) is 92.0 Å². The number of aromatic amines is 1. The van der Waals surface area contributed by atoms with Gasteiger partial charge in [0, 0.05) is 11.6 Å². The number of rotatable bonds is 6. The van der Waals surface area contributed by atoms with Crippen LogP contribution in [0.15, 0.2) is 30.5 Å². The molecule has 0 amide bonds. The number of H-pyrrole nitrogens is 1. The molecule has 0 aliphatic heterocycles. The number of fused-ring (bicyclic) bond motifs is 1. The Bertz CT molecular complexity index is 934. The lowest BCUT2D eigenvalue weighted by atomic mass is 9.97. The first kappa shape index (κ1) is 17.5. The van der Waals surface area contributed by atoms with E-state index in [1.807, 2.05) is 13.0 Å². The average molecular weight is 358 g/mol. The minimum absolute atomic E-state index is 0.290. The molecule has 0 saturated carbocycles. The van der Waals surface area contributed by atoms with Crippen LogP contribution in [-0.2, 0) is 6.42 Å². The van der Waals surface area contributed by atoms with Crippen molar-refractivity contribution in [3.63, 3.8) is 0 Å². The molecular weight excluding hydrogens is 338 g/mol. The summed E-state index contributed by atoms with van der Waals surface area (Å²) in [5.74, 6) is -0.942. The van der Waals surface area contributed by atoms with Crippen LogP contribution in [-0.4, -0.2) is 27.6 Å². The van der Waals surface area contributed by atoms with Gasteiger partial charge >= 0.3 is 5.97 Å². The molecule has 4 N–H and O–H groups in total. The van der Waals surface area contributed by atoms with Crippen molar-refractivity contribution >= 4 is 28.5 Å². The number of unbranched alkanes of at least 4 members (excludes halogenated alkanes) is 1. The molecule has 0 atom stereocenters. The van der Waals surface area contributed by atoms with Crippen molar-refractivity contribution < 1.29 is 9.90 Å². The largest absolute Gasteiger partial charge is 0.478 e. The fourth-order valence-electron chi connectivity index (χ4n) is 3.15. The zero-order valence-electron chi connectivity index (χ0n) is 14.0. The van der Waals surface area contributed by atoms with Crippen molar-refractivity contribution in [3.8, 4) is 11.4 Å². The summed E-state index contributed by atoms with van der Waals surface area (Å²) >= 11 is 6.34. The molecule has 0 radical (unpaired) electrons. The molecule has 5 nitrogen and oxygen atoms in total. The lowest BCUT2D eigenvalue weighted by molar-refractivity contribution is 0.0699. The Morgan fingerprint density at radius 3 is 2.80 bits per heavy atom. The van der Waals surface area contributed by atoms with E-state index in [4.69, 9.17) is 17.3 Å². The van der Waals surface area contributed by atoms with E-state index in [2.05, 4.69) is 9.97 Å². The highest BCUT2D eigenvalue weighted by atomic mass is 35.5. The third-order valence-corrected chi connectivity index (χ3v) is 4.68. The smallest absolute Gasteiger partial charge is 0.336 e. The van der Waals surface area contributed by atoms with Gasteiger partial charge in [-0.1, -0.05) is 17.7 Å². The minimum Gasteiger partial charge on any atom is -0.478 e. The summed E-state index contributed by atoms with van der Waals surface area (Å²) in [4.78, 5) is 19.5. The Balaban J connectivity index is 2.30. The maximum absolute atomic E-state index is 11.7. The first-order valence-corrected chi connectivity index (χ1v) is 8.60. The molecular formula is C19H20ClN3O2. The molecule has 0 fully saturated rings. The van der Waals surface area contributed by atoms with Crippen molar-refractivity contribution in [3.05, 3.63) is 52.2 Å². The van der Waals surface area contributed by atoms with E-state index in [1.165, 1.54) is 0 Å². The van der Waals surface area contributed by atoms with E-state index in [-0.39, 0.29) is 5.56 Å². The predicted molar refractivity (Wildman–Crippen MR) is 100 cm³/mol. The van der Waals surface area contributed by atoms with Gasteiger partial charge in [0.05, 0.1) is 21.8 Å². The van der Waals surface area contributed by atoms with Crippen molar-refractivity contribution in [1.82, 2.24) is 9.97 Å². The Morgan fingerprint density at radius 1 is 1.32 bits per heavy atom. The lowest BCUT2D eigenvalue weighted by Crippen LogP contribution is -2.02. The zero-order chi connectivity index (χ0) is 18.0. The van der Waals surface area contributed by atoms with Gasteiger partial charge in [-0.2, -0.15) is 0 Å². The number of hydrogen-bond acceptors (Lipinski definition) is 3. The maximum Gasteiger partial charge on any atom is 0.336 e. The third-order valence-electron chi connectivity index (χ3n) is 4.37. The summed E-state index contributed by atoms with van der Waals surface area (Å²) in [6.45, 7) is 2.56. The summed E-state index contributed by atoms with van der Waals surface area (Å²) in [6, 6.07) is 7.03. The second-order valence-corrected chi connectivity index (χ2v) is 6.45. The molecule has 130 valence electrons. The van der Waals surface area contributed by atoms with Crippen LogP contribution in [0.4, 0.5) is 0 Å². The molecule has 0 aliphatic rings. The molecule has 2 aromatic heterocycles. The first-order chi connectivity index (χ1) is 12.0. The quantitative estimate of drug-likeness (QED) is 0.577. The number of nitrogens with two attached hydrogens (primary N) is 1. The summed E-state index contributed by atoms with van der Waals surface area (Å²) in [6.07, 6.45) is 4.13. The van der Waals surface area contributed by atoms with Crippen molar-refractivity contribution in [1.29, 1.82) is 0 Å². The van der Waals surface area contributed by atoms with Gasteiger partial charge in [0.25, 0.3) is 0 Å². The molecule has 0 unspecified atom stereocenters. The number of aryl methyl sites for hydroxylation is 2. The Kier molecular flexibility index (Phi) is 5.06. The predicted octanol–water partition coefficient (Wildman–Crippen LogP) is 4.17. The SMILES string of the molecule is Cc1ccc(C(=O)O)c2c(CCCCN)c(-c3ncccc3Cl)[nH]c12. The number of aromatic nitrogens is 2. The van der Waals surface area contributed by atoms with Crippen LogP contribution in [0.3, 0.4) is 0 Å². The molecule has 3 rings (SSSR count). The molecule has 2 heterocycles. The van der Waals surface area contributed by atoms with Gasteiger partial charge in [0.2, 0.25) is 0 Å². The number of carboxylic acids is 1. The van der Waals surface area contributed by atoms with Gasteiger partial charge < -0.3 is 15.8 Å². The van der Waals surface area contributed by atoms with Gasteiger partial charge in [-0.05, 0) is 62.1 Å². The van der Waals surface area contributed by atoms with Gasteiger partial charge in [0.1, 0.15) is 5.69 Å². The van der Waals surface area contributed by atoms with E-state index in [0.717, 1.165) is 40.6 Å². The highest BCUT2D eigenvalue weighted by Crippen LogP contribution is 2.36. The van der Waals surface area contributed by atoms with Crippen LogP contribution in [0.25, 0.3) is 22.3 Å². The van der Waals surface area contributed by atoms with E-state index in [9.17, 15) is 9.90 Å². The minimum atomic E-state index is -0.942. The monoisotopic (exact) mass is 357 g/mol. The van der Waals surface area contributed by atoms with Crippen LogP contribution in [0, 0.1) is 6.92 Å². The first-order valence-electron chi connectivity index (χ1n) is 8.23. The normalized spacial score (nSPS) is 11.2. The van der Waals surface area contributed by atoms with Gasteiger partial charge in [-0.25, -0.2) is 4.79 Å². The fraction of sp³-hybridized carbons (Fsp3) is 0.263. The summed E-state index contributed by atoms with van der Waals surface area (Å²) in [5.41, 5.74) is 10.1. The van der Waals surface area contributed by atoms with E-state index >= 15 is 0 Å². The summed E-state index contributed by atoms with van der Waals surface area (Å²) in [5, 5.41) is 10.9. The third kappa shape index (κ3) is 3.25. The molecule has 0 bridgehead atoms. The number of aromatic carboxylic acids is 1. The number of benzene rings is 1. The molecule has 0 spiro atoms. The van der Waals surface area contributed by atoms with Crippen LogP contribution in [0.5, 0.6) is 0 Å². The summed E-state index contributed by atoms with van der Waals surface area (Å²) < 4.78 is 0. The highest BCUT2D eigenvalue weighted by Gasteiger charge is 2.21. The molecule has 0 aliphatic carbocycles. The fourth-order valence-corrected chi connectivity index (χ4v) is 3.37. The molecule has 6 heteroatoms. The molecule has 3 aromatic rings. The van der Waals surface area contributed by atoms with Crippen molar-refractivity contribution in [2.75, 3.05) is 6.54 Å². The van der Waals surface area contributed by atoms with Crippen molar-refractivity contribution in [2.45, 2.75) is 26.2 Å². The summed E-state index contributed by atoms with van der Waals surface area (Å²) in [7, 11) is 0. The molecule has 0 saturated heterocycles. The number of carbonyl (C=O) groups is 1. The Morgan fingerprint density at radius 2 is 2.12 bits per heavy atom. The number of hydrogen-bond donors (Lipinski definition) is 3. The van der Waals surface area contributed by atoms with Crippen LogP contribution in [0.1, 0.15) is 34.3 Å². The molecule has 1 aromatic carbocycles. The Hall–Kier alpha value is -2.37. The van der Waals surface area contributed by atoms with Gasteiger partial charge in [-0.3, -0.25) is 4.98 Å². The number of pyridine rings is 1. The maximum atomic E-state index is 11.7. The van der Waals surface area contributed by atoms with E-state index < -0.39 is 5.97 Å². The number of nitrogens with one attached hydrogen (secondary N) is 1. The highest BCUT2D eigenvalue weighted by molar-refractivity contribution is 6.33. The second-order valence-electron chi connectivity index (χ2n) is 6.04. The van der Waals surface area contributed by atoms with Crippen LogP contribution >= 0.6 is 11.6 Å². The van der Waals surface area contributed by atoms with E-state index in [0.29, 0.717) is 23.7 Å². The standard InChI is InChI=1S/C19H20ClN3O2/c1-11-7-8-13(19(24)25)15-12(5-2-3-9-21)17(23-16(11)15)18-14(20)6-4-10-22-18/h4,6-8,10,23H,2-3,5,9,21H2,1H3,(H,24,25). The second kappa shape index (κ2) is 7.25. The lowest BCUT2D eigenvalue weighted by Gasteiger charge is -2.07.